The Bertz CT molecular complexity index is 2460. The average Bonchev–Trinajstić information content (AvgIpc) is 3.90. The van der Waals surface area contributed by atoms with Crippen LogP contribution >= 0.6 is 23.5 Å². The monoisotopic (exact) mass is 948 g/mol. The molecule has 5 unspecified atom stereocenters. The van der Waals surface area contributed by atoms with Crippen LogP contribution in [0.4, 0.5) is 11.9 Å². The van der Waals surface area contributed by atoms with Crippen molar-refractivity contribution in [1.29, 1.82) is 0 Å². The van der Waals surface area contributed by atoms with Gasteiger partial charge in [0.05, 0.1) is 54.5 Å². The number of nitrogens with one attached hydrogen (secondary N) is 3. The summed E-state index contributed by atoms with van der Waals surface area (Å²) < 4.78 is 85.7. The number of aryl methyl sites for hydroxylation is 1. The number of aliphatic hydroxyl groups is 3. The van der Waals surface area contributed by atoms with Gasteiger partial charge in [0, 0.05) is 7.11 Å². The van der Waals surface area contributed by atoms with Crippen LogP contribution in [0.25, 0.3) is 22.3 Å². The number of ether oxygens (including phenoxy) is 4. The van der Waals surface area contributed by atoms with Crippen molar-refractivity contribution in [1.82, 2.24) is 29.5 Å². The number of anilines is 2. The fraction of sp³-hybridized carbons (Fsp3) is 0.643. The van der Waals surface area contributed by atoms with Gasteiger partial charge in [-0.25, -0.2) is 9.13 Å². The fourth-order valence-corrected chi connectivity index (χ4v) is 8.30. The summed E-state index contributed by atoms with van der Waals surface area (Å²) in [5, 5.41) is 32.2. The average molecular weight is 949 g/mol. The Balaban J connectivity index is 0.00000726. The van der Waals surface area contributed by atoms with Crippen molar-refractivity contribution >= 4 is 57.7 Å². The molecule has 34 heteroatoms. The van der Waals surface area contributed by atoms with E-state index in [1.807, 2.05) is 0 Å². The van der Waals surface area contributed by atoms with Gasteiger partial charge in [0.15, 0.2) is 12.7 Å². The molecular formula is C28H43N10O21P3-2. The van der Waals surface area contributed by atoms with Crippen LogP contribution in [-0.4, -0.2) is 134 Å². The lowest BCUT2D eigenvalue weighted by Gasteiger charge is -2.35. The zero-order chi connectivity index (χ0) is 44.6. The molecule has 31 nitrogen and oxygen atoms in total. The Kier molecular flexibility index (Phi) is 15.6. The van der Waals surface area contributed by atoms with Gasteiger partial charge in [-0.2, -0.15) is 0 Å². The van der Waals surface area contributed by atoms with Crippen LogP contribution in [0.15, 0.2) is 22.2 Å². The van der Waals surface area contributed by atoms with Crippen molar-refractivity contribution < 1.29 is 99.3 Å². The largest absolute Gasteiger partial charge is 0.790 e. The summed E-state index contributed by atoms with van der Waals surface area (Å²) in [7, 11) is -14.1. The number of rotatable bonds is 20. The highest BCUT2D eigenvalue weighted by molar-refractivity contribution is 7.46. The van der Waals surface area contributed by atoms with Gasteiger partial charge in [-0.05, 0) is 0 Å². The van der Waals surface area contributed by atoms with E-state index < -0.39 is 116 Å². The van der Waals surface area contributed by atoms with E-state index in [0.717, 1.165) is 4.57 Å². The topological polar surface area (TPSA) is 459 Å². The van der Waals surface area contributed by atoms with Gasteiger partial charge in [0.25, 0.3) is 38.7 Å². The highest BCUT2D eigenvalue weighted by atomic mass is 31.2. The summed E-state index contributed by atoms with van der Waals surface area (Å²) in [6.07, 6.45) is -11.8. The molecular weight excluding hydrogens is 905 g/mol. The van der Waals surface area contributed by atoms with Crippen molar-refractivity contribution in [3.8, 4) is 0 Å². The smallest absolute Gasteiger partial charge is 0.313 e. The number of nitrogens with two attached hydrogens (primary N) is 2. The van der Waals surface area contributed by atoms with Gasteiger partial charge >= 0.3 is 11.3 Å². The number of phosphoric acid groups is 3. The molecule has 0 bridgehead atoms. The van der Waals surface area contributed by atoms with E-state index >= 15 is 0 Å². The van der Waals surface area contributed by atoms with Crippen molar-refractivity contribution in [3.05, 3.63) is 33.4 Å². The van der Waals surface area contributed by atoms with Crippen molar-refractivity contribution in [2.24, 2.45) is 7.05 Å². The molecule has 2 aliphatic heterocycles. The van der Waals surface area contributed by atoms with Gasteiger partial charge in [0.2, 0.25) is 23.5 Å². The second-order valence-electron chi connectivity index (χ2n) is 13.3. The first-order chi connectivity index (χ1) is 28.6. The Morgan fingerprint density at radius 3 is 2.00 bits per heavy atom. The predicted octanol–water partition coefficient (Wildman–Crippen LogP) is -6.97. The molecule has 0 spiro atoms. The molecule has 2 aliphatic rings. The maximum Gasteiger partial charge on any atom is 0.313 e. The normalized spacial score (nSPS) is 26.7. The van der Waals surface area contributed by atoms with E-state index in [-0.39, 0.29) is 54.9 Å². The van der Waals surface area contributed by atoms with Crippen LogP contribution in [0.1, 0.15) is 19.9 Å². The minimum Gasteiger partial charge on any atom is -0.790 e. The molecule has 2 fully saturated rings. The molecule has 0 saturated carbocycles. The number of H-pyrrole nitrogens is 3. The molecule has 11 atom stereocenters. The number of nitrogens with zero attached hydrogens (tertiary/aromatic N) is 5. The number of imidazole rings is 2. The molecule has 0 aromatic carbocycles. The maximum absolute atomic E-state index is 12.8. The quantitative estimate of drug-likeness (QED) is 0.0232. The number of phosphoric ester groups is 3. The summed E-state index contributed by atoms with van der Waals surface area (Å²) in [5.74, 6) is -0.540. The summed E-state index contributed by atoms with van der Waals surface area (Å²) in [4.78, 5) is 88.2. The van der Waals surface area contributed by atoms with Crippen LogP contribution in [0.5, 0.6) is 0 Å². The van der Waals surface area contributed by atoms with Crippen molar-refractivity contribution in [3.63, 3.8) is 0 Å². The molecule has 4 aromatic rings. The van der Waals surface area contributed by atoms with Gasteiger partial charge in [-0.1, -0.05) is 17.4 Å². The Hall–Kier alpha value is -3.65. The number of hydrogen-bond donors (Lipinski definition) is 8. The Morgan fingerprint density at radius 1 is 0.839 bits per heavy atom. The van der Waals surface area contributed by atoms with Gasteiger partial charge in [-0.15, -0.1) is 0 Å². The fourth-order valence-electron chi connectivity index (χ4n) is 6.31. The standard InChI is InChI=1S/C27H41N10O21P3.CH4/c1-35-10-37(21-15(35)23(42)34-27(29)32-21)25-19(51-4-3-50-2)17(39)13(57-25)8-55-61(48,49)53-6-11(58-59(43,44)45)5-52-60(46,47)54-7-12-16(38)18(40)24(56-12)36-9-30-14-20(36)31-26(28)33-22(14)41;/h9-13,16-19,24-25,38-40H,3-8H2,1-2H3,(H9-,28,29,31,32,33,34,41,42,43,44,45,46,47,48,49);1H4/p-2/t11?,12?,13-,16-,17-,18-,19-,24-,25?;/m1./s1. The van der Waals surface area contributed by atoms with Crippen LogP contribution in [-0.2, 0) is 62.3 Å². The lowest BCUT2D eigenvalue weighted by molar-refractivity contribution is -0.746. The lowest BCUT2D eigenvalue weighted by Crippen LogP contribution is -2.47. The van der Waals surface area contributed by atoms with Crippen molar-refractivity contribution in [2.45, 2.75) is 62.6 Å². The lowest BCUT2D eigenvalue weighted by atomic mass is 10.1. The molecule has 10 N–H and O–H groups in total. The molecule has 4 aromatic heterocycles. The number of methoxy groups -OCH3 is 1. The highest BCUT2D eigenvalue weighted by Gasteiger charge is 2.50. The van der Waals surface area contributed by atoms with E-state index in [9.17, 15) is 58.2 Å². The molecule has 2 saturated heterocycles. The second-order valence-corrected chi connectivity index (χ2v) is 17.2. The van der Waals surface area contributed by atoms with E-state index in [2.05, 4.69) is 38.5 Å². The summed E-state index contributed by atoms with van der Waals surface area (Å²) in [5.41, 5.74) is 9.93. The summed E-state index contributed by atoms with van der Waals surface area (Å²) >= 11 is 0. The Labute approximate surface area is 347 Å². The van der Waals surface area contributed by atoms with Gasteiger partial charge in [-0.3, -0.25) is 38.2 Å². The highest BCUT2D eigenvalue weighted by Crippen LogP contribution is 2.43. The van der Waals surface area contributed by atoms with Crippen molar-refractivity contribution in [2.75, 3.05) is 58.2 Å². The molecule has 6 heterocycles. The second kappa shape index (κ2) is 19.6. The molecule has 62 heavy (non-hydrogen) atoms. The first kappa shape index (κ1) is 49.4. The summed E-state index contributed by atoms with van der Waals surface area (Å²) in [6.45, 7) is -4.75. The van der Waals surface area contributed by atoms with E-state index in [4.69, 9.17) is 39.5 Å². The number of hydrogen-bond acceptors (Lipinski definition) is 25. The molecule has 0 radical (unpaired) electrons. The number of nitrogen functional groups attached to an aromatic ring is 2. The minimum absolute atomic E-state index is 0. The van der Waals surface area contributed by atoms with Gasteiger partial charge < -0.3 is 92.5 Å². The molecule has 348 valence electrons. The maximum atomic E-state index is 12.8. The zero-order valence-corrected chi connectivity index (χ0v) is 34.2. The number of fused-ring (bicyclic) bond motifs is 2. The molecule has 0 aliphatic carbocycles. The van der Waals surface area contributed by atoms with Crippen LogP contribution in [0.3, 0.4) is 0 Å². The van der Waals surface area contributed by atoms with E-state index in [0.29, 0.717) is 0 Å². The third kappa shape index (κ3) is 11.3. The van der Waals surface area contributed by atoms with Crippen LogP contribution < -0.4 is 51.3 Å². The third-order valence-corrected chi connectivity index (χ3v) is 11.4. The van der Waals surface area contributed by atoms with E-state index in [1.54, 1.807) is 0 Å². The SMILES string of the molecule is C.COCCO[C@H]1C([n+]2cn(C)c3c(=O)[nH]c(N)nc32)O[C@H](COP(=O)([O-])OCC(COP(=O)([O-])OCC2O[C@@H]([n+]3c[nH]c4c(=O)[nH]c(N)nc43)[C@H](O)[C@@H]2O)OP(=O)([O-])[O-])[C@H]1O. The molecule has 6 rings (SSSR count). The summed E-state index contributed by atoms with van der Waals surface area (Å²) in [6, 6.07) is 0. The molecule has 0 amide bonds. The van der Waals surface area contributed by atoms with E-state index in [1.165, 1.54) is 35.9 Å². The Morgan fingerprint density at radius 2 is 1.40 bits per heavy atom. The van der Waals surface area contributed by atoms with Gasteiger partial charge in [0.1, 0.15) is 42.7 Å². The number of aromatic nitrogens is 8. The predicted molar refractivity (Wildman–Crippen MR) is 193 cm³/mol. The van der Waals surface area contributed by atoms with Crippen LogP contribution in [0, 0.1) is 0 Å². The first-order valence-corrected chi connectivity index (χ1v) is 21.9. The van der Waals surface area contributed by atoms with Crippen LogP contribution in [0.2, 0.25) is 0 Å². The first-order valence-electron chi connectivity index (χ1n) is 17.5. The zero-order valence-electron chi connectivity index (χ0n) is 31.5. The number of aromatic amines is 3. The number of aliphatic hydroxyl groups excluding tert-OH is 3. The minimum atomic E-state index is -5.97. The third-order valence-electron chi connectivity index (χ3n) is 9.01.